The molecule has 1 saturated heterocycles. The molecule has 0 radical (unpaired) electrons. The molecule has 12 heteroatoms. The van der Waals surface area contributed by atoms with Gasteiger partial charge in [-0.15, -0.1) is 0 Å². The molecule has 0 spiro atoms. The molecule has 0 saturated carbocycles. The molecule has 8 nitrogen and oxygen atoms in total. The molecule has 1 aliphatic heterocycles. The lowest BCUT2D eigenvalue weighted by molar-refractivity contribution is -0.145. The molecule has 38 heavy (non-hydrogen) atoms. The van der Waals surface area contributed by atoms with Crippen LogP contribution in [0.25, 0.3) is 0 Å². The van der Waals surface area contributed by atoms with Crippen molar-refractivity contribution in [2.45, 2.75) is 38.9 Å². The van der Waals surface area contributed by atoms with E-state index in [0.717, 1.165) is 29.2 Å². The van der Waals surface area contributed by atoms with E-state index in [1.54, 1.807) is 12.1 Å². The molecule has 206 valence electrons. The number of hydroxylamine groups is 1. The number of alkyl halides is 3. The van der Waals surface area contributed by atoms with E-state index in [0.29, 0.717) is 18.2 Å². The lowest BCUT2D eigenvalue weighted by Crippen LogP contribution is -2.53. The van der Waals surface area contributed by atoms with Crippen molar-refractivity contribution >= 4 is 23.9 Å². The Kier molecular flexibility index (Phi) is 9.45. The van der Waals surface area contributed by atoms with Crippen molar-refractivity contribution in [3.05, 3.63) is 65.0 Å². The van der Waals surface area contributed by atoms with Gasteiger partial charge in [0.15, 0.2) is 0 Å². The van der Waals surface area contributed by atoms with Crippen LogP contribution in [0.15, 0.2) is 42.5 Å². The highest BCUT2D eigenvalue weighted by Crippen LogP contribution is 2.34. The van der Waals surface area contributed by atoms with E-state index in [4.69, 9.17) is 10.6 Å². The zero-order valence-electron chi connectivity index (χ0n) is 20.9. The van der Waals surface area contributed by atoms with Crippen molar-refractivity contribution < 1.29 is 36.8 Å². The molecular weight excluding hydrogens is 508 g/mol. The van der Waals surface area contributed by atoms with Crippen LogP contribution in [0.2, 0.25) is 0 Å². The Morgan fingerprint density at radius 3 is 2.34 bits per heavy atom. The van der Waals surface area contributed by atoms with Crippen LogP contribution in [0.5, 0.6) is 0 Å². The quantitative estimate of drug-likeness (QED) is 0.275. The average Bonchev–Trinajstić information content (AvgIpc) is 2.92. The van der Waals surface area contributed by atoms with Crippen molar-refractivity contribution in [1.29, 1.82) is 0 Å². The molecule has 0 unspecified atom stereocenters. The Bertz CT molecular complexity index is 1130. The van der Waals surface area contributed by atoms with Crippen LogP contribution in [0.4, 0.5) is 23.2 Å². The fourth-order valence-electron chi connectivity index (χ4n) is 4.22. The van der Waals surface area contributed by atoms with Crippen molar-refractivity contribution in [3.8, 4) is 0 Å². The van der Waals surface area contributed by atoms with Gasteiger partial charge in [-0.3, -0.25) is 19.2 Å². The molecule has 0 aromatic heterocycles. The van der Waals surface area contributed by atoms with E-state index in [2.05, 4.69) is 5.32 Å². The largest absolute Gasteiger partial charge is 0.416 e. The Balaban J connectivity index is 1.76. The third kappa shape index (κ3) is 6.87. The number of hydrogen-bond acceptors (Lipinski definition) is 5. The van der Waals surface area contributed by atoms with Crippen LogP contribution in [-0.4, -0.2) is 49.4 Å². The fraction of sp³-hybridized carbons (Fsp3) is 0.423. The second-order valence-electron chi connectivity index (χ2n) is 9.08. The van der Waals surface area contributed by atoms with Gasteiger partial charge in [0.2, 0.25) is 18.2 Å². The second kappa shape index (κ2) is 12.4. The molecule has 2 aromatic carbocycles. The molecule has 3 rings (SSSR count). The number of amides is 3. The first-order valence-corrected chi connectivity index (χ1v) is 12.1. The molecular formula is C26H30F4N4O4. The first kappa shape index (κ1) is 29.1. The Morgan fingerprint density at radius 2 is 1.82 bits per heavy atom. The standard InChI is InChI=1S/C26H30F4N4O4/c1-2-18-3-7-21(8-4-18)34(17-35)38-16-25(9-11-33(12-10-25)23(36)14-31)24(37)32-15-19-5-6-20(13-22(19)27)26(28,29)30/h3-8,13,17H,2,9-12,14-16,31H2,1H3,(H,32,37). The lowest BCUT2D eigenvalue weighted by atomic mass is 9.78. The normalized spacial score (nSPS) is 15.2. The number of likely N-dealkylation sites (tertiary alicyclic amines) is 1. The maximum absolute atomic E-state index is 14.3. The van der Waals surface area contributed by atoms with Gasteiger partial charge in [0.05, 0.1) is 29.8 Å². The zero-order chi connectivity index (χ0) is 27.9. The first-order chi connectivity index (χ1) is 18.0. The minimum Gasteiger partial charge on any atom is -0.351 e. The number of carbonyl (C=O) groups is 3. The van der Waals surface area contributed by atoms with Gasteiger partial charge >= 0.3 is 6.18 Å². The molecule has 0 bridgehead atoms. The summed E-state index contributed by atoms with van der Waals surface area (Å²) in [4.78, 5) is 44.4. The van der Waals surface area contributed by atoms with Crippen molar-refractivity contribution in [1.82, 2.24) is 10.2 Å². The summed E-state index contributed by atoms with van der Waals surface area (Å²) >= 11 is 0. The summed E-state index contributed by atoms with van der Waals surface area (Å²) in [7, 11) is 0. The summed E-state index contributed by atoms with van der Waals surface area (Å²) in [6.45, 7) is 1.62. The van der Waals surface area contributed by atoms with Gasteiger partial charge in [0.1, 0.15) is 5.82 Å². The third-order valence-electron chi connectivity index (χ3n) is 6.72. The number of nitrogens with zero attached hydrogens (tertiary/aromatic N) is 2. The number of nitrogens with two attached hydrogens (primary N) is 1. The number of anilines is 1. The molecule has 0 aliphatic carbocycles. The molecule has 1 heterocycles. The number of hydrogen-bond donors (Lipinski definition) is 2. The van der Waals surface area contributed by atoms with Gasteiger partial charge < -0.3 is 16.0 Å². The van der Waals surface area contributed by atoms with Gasteiger partial charge in [0, 0.05) is 25.2 Å². The van der Waals surface area contributed by atoms with Crippen molar-refractivity contribution in [2.75, 3.05) is 31.3 Å². The predicted molar refractivity (Wildman–Crippen MR) is 131 cm³/mol. The monoisotopic (exact) mass is 538 g/mol. The number of nitrogens with one attached hydrogen (secondary N) is 1. The van der Waals surface area contributed by atoms with Gasteiger partial charge in [0.25, 0.3) is 0 Å². The topological polar surface area (TPSA) is 105 Å². The highest BCUT2D eigenvalue weighted by atomic mass is 19.4. The van der Waals surface area contributed by atoms with Crippen molar-refractivity contribution in [3.63, 3.8) is 0 Å². The third-order valence-corrected chi connectivity index (χ3v) is 6.72. The lowest BCUT2D eigenvalue weighted by Gasteiger charge is -2.40. The summed E-state index contributed by atoms with van der Waals surface area (Å²) in [6.07, 6.45) is -3.08. The number of halogens is 4. The Hall–Kier alpha value is -3.51. The minimum absolute atomic E-state index is 0.122. The predicted octanol–water partition coefficient (Wildman–Crippen LogP) is 3.19. The molecule has 0 atom stereocenters. The number of rotatable bonds is 10. The summed E-state index contributed by atoms with van der Waals surface area (Å²) in [6, 6.07) is 9.18. The van der Waals surface area contributed by atoms with Crippen LogP contribution in [0, 0.1) is 11.2 Å². The van der Waals surface area contributed by atoms with Crippen LogP contribution in [0.1, 0.15) is 36.5 Å². The SMILES string of the molecule is CCc1ccc(N(C=O)OCC2(C(=O)NCc3ccc(C(F)(F)F)cc3F)CCN(C(=O)CN)CC2)cc1. The smallest absolute Gasteiger partial charge is 0.351 e. The highest BCUT2D eigenvalue weighted by Gasteiger charge is 2.43. The van der Waals surface area contributed by atoms with Crippen LogP contribution >= 0.6 is 0 Å². The maximum atomic E-state index is 14.3. The summed E-state index contributed by atoms with van der Waals surface area (Å²) < 4.78 is 52.8. The molecule has 3 N–H and O–H groups in total. The van der Waals surface area contributed by atoms with Crippen molar-refractivity contribution in [2.24, 2.45) is 11.1 Å². The van der Waals surface area contributed by atoms with E-state index < -0.39 is 28.9 Å². The van der Waals surface area contributed by atoms with E-state index >= 15 is 0 Å². The molecule has 2 aromatic rings. The van der Waals surface area contributed by atoms with E-state index in [-0.39, 0.29) is 57.1 Å². The number of aryl methyl sites for hydroxylation is 1. The average molecular weight is 539 g/mol. The highest BCUT2D eigenvalue weighted by molar-refractivity contribution is 5.84. The van der Waals surface area contributed by atoms with Gasteiger partial charge in [-0.05, 0) is 49.1 Å². The molecule has 3 amide bonds. The van der Waals surface area contributed by atoms with Gasteiger partial charge in [-0.1, -0.05) is 25.1 Å². The van der Waals surface area contributed by atoms with E-state index in [9.17, 15) is 31.9 Å². The number of carbonyl (C=O) groups excluding carboxylic acids is 3. The summed E-state index contributed by atoms with van der Waals surface area (Å²) in [5, 5.41) is 3.59. The number of piperidine rings is 1. The summed E-state index contributed by atoms with van der Waals surface area (Å²) in [5.41, 5.74) is 4.51. The molecule has 1 fully saturated rings. The van der Waals surface area contributed by atoms with E-state index in [1.165, 1.54) is 4.90 Å². The van der Waals surface area contributed by atoms with Crippen LogP contribution < -0.4 is 16.1 Å². The fourth-order valence-corrected chi connectivity index (χ4v) is 4.22. The van der Waals surface area contributed by atoms with Gasteiger partial charge in [-0.2, -0.15) is 18.2 Å². The maximum Gasteiger partial charge on any atom is 0.416 e. The summed E-state index contributed by atoms with van der Waals surface area (Å²) in [5.74, 6) is -1.92. The van der Waals surface area contributed by atoms with E-state index in [1.807, 2.05) is 19.1 Å². The Morgan fingerprint density at radius 1 is 1.16 bits per heavy atom. The van der Waals surface area contributed by atoms with Crippen LogP contribution in [-0.2, 0) is 38.4 Å². The minimum atomic E-state index is -4.69. The number of benzene rings is 2. The second-order valence-corrected chi connectivity index (χ2v) is 9.08. The van der Waals surface area contributed by atoms with Gasteiger partial charge in [-0.25, -0.2) is 4.39 Å². The van der Waals surface area contributed by atoms with Crippen LogP contribution in [0.3, 0.4) is 0 Å². The Labute approximate surface area is 217 Å². The zero-order valence-corrected chi connectivity index (χ0v) is 20.9. The first-order valence-electron chi connectivity index (χ1n) is 12.1. The molecule has 1 aliphatic rings.